The molecule has 0 saturated carbocycles. The van der Waals surface area contributed by atoms with Crippen molar-refractivity contribution in [2.45, 2.75) is 5.92 Å². The molecule has 180 valence electrons. The van der Waals surface area contributed by atoms with Gasteiger partial charge in [0, 0.05) is 37.6 Å². The van der Waals surface area contributed by atoms with Gasteiger partial charge in [-0.2, -0.15) is 5.26 Å². The zero-order valence-corrected chi connectivity index (χ0v) is 19.7. The maximum atomic E-state index is 13.1. The summed E-state index contributed by atoms with van der Waals surface area (Å²) in [5, 5.41) is 13.4. The average molecular weight is 474 g/mol. The molecule has 0 aromatic heterocycles. The van der Waals surface area contributed by atoms with Crippen LogP contribution in [0.15, 0.2) is 77.3 Å². The molecule has 0 bridgehead atoms. The zero-order chi connectivity index (χ0) is 24.9. The third-order valence-electron chi connectivity index (χ3n) is 6.20. The molecular formula is C26H27N5O4. The van der Waals surface area contributed by atoms with Gasteiger partial charge in [-0.3, -0.25) is 4.90 Å². The smallest absolute Gasteiger partial charge is 0.355 e. The first-order valence-electron chi connectivity index (χ1n) is 11.2. The highest BCUT2D eigenvalue weighted by Gasteiger charge is 2.42. The van der Waals surface area contributed by atoms with E-state index in [2.05, 4.69) is 16.3 Å². The fourth-order valence-electron chi connectivity index (χ4n) is 4.52. The van der Waals surface area contributed by atoms with E-state index in [9.17, 15) is 14.9 Å². The number of methoxy groups -OCH3 is 2. The summed E-state index contributed by atoms with van der Waals surface area (Å²) in [6, 6.07) is 18.5. The number of nitrogens with one attached hydrogen (secondary N) is 1. The molecule has 0 amide bonds. The molecule has 2 aliphatic heterocycles. The van der Waals surface area contributed by atoms with Crippen LogP contribution in [0.5, 0.6) is 0 Å². The van der Waals surface area contributed by atoms with Gasteiger partial charge in [0.25, 0.3) is 0 Å². The highest BCUT2D eigenvalue weighted by molar-refractivity contribution is 6.06. The minimum atomic E-state index is -0.890. The van der Waals surface area contributed by atoms with Crippen LogP contribution in [-0.2, 0) is 19.1 Å². The maximum absolute atomic E-state index is 13.1. The van der Waals surface area contributed by atoms with Gasteiger partial charge >= 0.3 is 11.9 Å². The molecule has 2 aromatic carbocycles. The van der Waals surface area contributed by atoms with Crippen LogP contribution in [0, 0.1) is 11.3 Å². The number of hydrogen-bond donors (Lipinski definition) is 2. The van der Waals surface area contributed by atoms with E-state index >= 15 is 0 Å². The number of anilines is 2. The Balaban J connectivity index is 1.90. The molecule has 3 N–H and O–H groups in total. The molecule has 2 heterocycles. The molecule has 1 atom stereocenters. The van der Waals surface area contributed by atoms with Crippen molar-refractivity contribution in [1.29, 1.82) is 5.26 Å². The number of nitrogens with zero attached hydrogens (tertiary/aromatic N) is 3. The van der Waals surface area contributed by atoms with Gasteiger partial charge in [0.15, 0.2) is 0 Å². The van der Waals surface area contributed by atoms with Crippen LogP contribution < -0.4 is 20.9 Å². The van der Waals surface area contributed by atoms with Crippen LogP contribution in [0.1, 0.15) is 11.5 Å². The van der Waals surface area contributed by atoms with Crippen molar-refractivity contribution < 1.29 is 19.1 Å². The van der Waals surface area contributed by atoms with E-state index in [-0.39, 0.29) is 22.7 Å². The van der Waals surface area contributed by atoms with Gasteiger partial charge in [0.2, 0.25) is 0 Å². The number of rotatable bonds is 5. The Hall–Kier alpha value is -4.29. The second-order valence-electron chi connectivity index (χ2n) is 8.09. The molecule has 0 spiro atoms. The lowest BCUT2D eigenvalue weighted by molar-refractivity contribution is -0.139. The Kier molecular flexibility index (Phi) is 7.03. The summed E-state index contributed by atoms with van der Waals surface area (Å²) in [6.07, 6.45) is 0. The van der Waals surface area contributed by atoms with Crippen LogP contribution >= 0.6 is 0 Å². The van der Waals surface area contributed by atoms with E-state index in [1.54, 1.807) is 36.4 Å². The molecule has 1 fully saturated rings. The lowest BCUT2D eigenvalue weighted by Gasteiger charge is -2.36. The van der Waals surface area contributed by atoms with Crippen molar-refractivity contribution in [2.75, 3.05) is 50.2 Å². The number of piperazine rings is 1. The molecule has 0 radical (unpaired) electrons. The Labute approximate surface area is 204 Å². The number of hydrogen-bond acceptors (Lipinski definition) is 9. The summed E-state index contributed by atoms with van der Waals surface area (Å²) in [5.41, 5.74) is 8.74. The van der Waals surface area contributed by atoms with Crippen molar-refractivity contribution in [1.82, 2.24) is 5.32 Å². The monoisotopic (exact) mass is 473 g/mol. The lowest BCUT2D eigenvalue weighted by Crippen LogP contribution is -2.43. The number of nitriles is 1. The molecule has 0 aliphatic carbocycles. The number of carbonyl (C=O) groups is 2. The van der Waals surface area contributed by atoms with E-state index < -0.39 is 17.9 Å². The SMILES string of the molecule is COC(=O)C1=C(C(=O)OC)N(c2ccc(N3CCNCC3)cc2)C(N)=C(C#N)C1c1ccccc1. The largest absolute Gasteiger partial charge is 0.466 e. The van der Waals surface area contributed by atoms with Crippen molar-refractivity contribution >= 4 is 23.3 Å². The number of nitrogens with two attached hydrogens (primary N) is 1. The van der Waals surface area contributed by atoms with Crippen LogP contribution in [0.2, 0.25) is 0 Å². The standard InChI is InChI=1S/C26H27N5O4/c1-34-25(32)22-21(17-6-4-3-5-7-17)20(16-27)24(28)31(23(22)26(33)35-2)19-10-8-18(9-11-19)30-14-12-29-13-15-30/h3-11,21,29H,12-15,28H2,1-2H3. The molecule has 9 heteroatoms. The molecule has 9 nitrogen and oxygen atoms in total. The molecule has 4 rings (SSSR count). The van der Waals surface area contributed by atoms with Gasteiger partial charge in [-0.1, -0.05) is 30.3 Å². The molecule has 35 heavy (non-hydrogen) atoms. The topological polar surface area (TPSA) is 121 Å². The number of benzene rings is 2. The first-order valence-corrected chi connectivity index (χ1v) is 11.2. The van der Waals surface area contributed by atoms with Crippen LogP contribution in [0.3, 0.4) is 0 Å². The molecule has 2 aromatic rings. The second kappa shape index (κ2) is 10.3. The van der Waals surface area contributed by atoms with Crippen molar-refractivity contribution in [3.8, 4) is 6.07 Å². The second-order valence-corrected chi connectivity index (χ2v) is 8.09. The van der Waals surface area contributed by atoms with Crippen LogP contribution in [-0.4, -0.2) is 52.3 Å². The summed E-state index contributed by atoms with van der Waals surface area (Å²) >= 11 is 0. The highest BCUT2D eigenvalue weighted by Crippen LogP contribution is 2.43. The van der Waals surface area contributed by atoms with E-state index in [1.807, 2.05) is 18.2 Å². The Morgan fingerprint density at radius 2 is 1.57 bits per heavy atom. The Bertz CT molecular complexity index is 1210. The minimum absolute atomic E-state index is 0.0116. The summed E-state index contributed by atoms with van der Waals surface area (Å²) in [5.74, 6) is -2.36. The van der Waals surface area contributed by atoms with Gasteiger partial charge in [-0.15, -0.1) is 0 Å². The number of esters is 2. The van der Waals surface area contributed by atoms with Crippen molar-refractivity contribution in [3.05, 3.63) is 82.8 Å². The molecule has 1 saturated heterocycles. The van der Waals surface area contributed by atoms with Gasteiger partial charge in [0.05, 0.1) is 37.4 Å². The van der Waals surface area contributed by atoms with Gasteiger partial charge < -0.3 is 25.4 Å². The normalized spacial score (nSPS) is 18.3. The summed E-state index contributed by atoms with van der Waals surface area (Å²) in [4.78, 5) is 29.8. The zero-order valence-electron chi connectivity index (χ0n) is 19.7. The summed E-state index contributed by atoms with van der Waals surface area (Å²) in [7, 11) is 2.46. The van der Waals surface area contributed by atoms with Gasteiger partial charge in [-0.25, -0.2) is 9.59 Å². The molecule has 1 unspecified atom stereocenters. The quantitative estimate of drug-likeness (QED) is 0.628. The highest BCUT2D eigenvalue weighted by atomic mass is 16.5. The minimum Gasteiger partial charge on any atom is -0.466 e. The summed E-state index contributed by atoms with van der Waals surface area (Å²) in [6.45, 7) is 3.55. The van der Waals surface area contributed by atoms with Crippen molar-refractivity contribution in [3.63, 3.8) is 0 Å². The maximum Gasteiger partial charge on any atom is 0.355 e. The van der Waals surface area contributed by atoms with Gasteiger partial charge in [-0.05, 0) is 29.8 Å². The first-order chi connectivity index (χ1) is 17.0. The predicted molar refractivity (Wildman–Crippen MR) is 131 cm³/mol. The fraction of sp³-hybridized carbons (Fsp3) is 0.269. The fourth-order valence-corrected chi connectivity index (χ4v) is 4.52. The van der Waals surface area contributed by atoms with E-state index in [0.29, 0.717) is 11.3 Å². The van der Waals surface area contributed by atoms with Gasteiger partial charge in [0.1, 0.15) is 11.5 Å². The molecule has 2 aliphatic rings. The average Bonchev–Trinajstić information content (AvgIpc) is 2.92. The predicted octanol–water partition coefficient (Wildman–Crippen LogP) is 1.99. The van der Waals surface area contributed by atoms with Crippen LogP contribution in [0.4, 0.5) is 11.4 Å². The molecular weight excluding hydrogens is 446 g/mol. The Morgan fingerprint density at radius 1 is 0.971 bits per heavy atom. The number of allylic oxidation sites excluding steroid dienone is 1. The summed E-state index contributed by atoms with van der Waals surface area (Å²) < 4.78 is 10.1. The lowest BCUT2D eigenvalue weighted by atomic mass is 9.81. The van der Waals surface area contributed by atoms with E-state index in [4.69, 9.17) is 15.2 Å². The van der Waals surface area contributed by atoms with E-state index in [0.717, 1.165) is 31.9 Å². The third kappa shape index (κ3) is 4.44. The van der Waals surface area contributed by atoms with E-state index in [1.165, 1.54) is 19.1 Å². The third-order valence-corrected chi connectivity index (χ3v) is 6.20. The number of ether oxygens (including phenoxy) is 2. The Morgan fingerprint density at radius 3 is 2.14 bits per heavy atom. The first kappa shape index (κ1) is 23.9. The van der Waals surface area contributed by atoms with Crippen molar-refractivity contribution in [2.24, 2.45) is 5.73 Å². The number of carbonyl (C=O) groups excluding carboxylic acids is 2. The van der Waals surface area contributed by atoms with Crippen LogP contribution in [0.25, 0.3) is 0 Å².